The van der Waals surface area contributed by atoms with Crippen LogP contribution in [-0.4, -0.2) is 11.6 Å². The number of benzene rings is 1. The SMILES string of the molecule is CCOc1ccccc1-c1ncc(CC#N)s1. The molecule has 0 spiro atoms. The Labute approximate surface area is 104 Å². The number of nitrogens with zero attached hydrogens (tertiary/aromatic N) is 2. The summed E-state index contributed by atoms with van der Waals surface area (Å²) < 4.78 is 5.56. The number of hydrogen-bond acceptors (Lipinski definition) is 4. The third-order valence-corrected chi connectivity index (χ3v) is 3.25. The van der Waals surface area contributed by atoms with Crippen LogP contribution in [0.1, 0.15) is 11.8 Å². The first-order chi connectivity index (χ1) is 8.35. The highest BCUT2D eigenvalue weighted by Gasteiger charge is 2.09. The van der Waals surface area contributed by atoms with Crippen LogP contribution >= 0.6 is 11.3 Å². The van der Waals surface area contributed by atoms with Crippen LogP contribution in [0.15, 0.2) is 30.5 Å². The molecule has 0 atom stereocenters. The average Bonchev–Trinajstić information content (AvgIpc) is 2.79. The van der Waals surface area contributed by atoms with Gasteiger partial charge in [0.1, 0.15) is 10.8 Å². The Hall–Kier alpha value is -1.86. The first-order valence-corrected chi connectivity index (χ1v) is 6.20. The lowest BCUT2D eigenvalue weighted by Crippen LogP contribution is -1.93. The zero-order valence-corrected chi connectivity index (χ0v) is 10.3. The lowest BCUT2D eigenvalue weighted by Gasteiger charge is -2.06. The number of para-hydroxylation sites is 1. The minimum Gasteiger partial charge on any atom is -0.493 e. The van der Waals surface area contributed by atoms with Crippen molar-refractivity contribution < 1.29 is 4.74 Å². The number of aromatic nitrogens is 1. The molecule has 0 aliphatic rings. The molecule has 17 heavy (non-hydrogen) atoms. The van der Waals surface area contributed by atoms with Gasteiger partial charge in [0.05, 0.1) is 24.7 Å². The van der Waals surface area contributed by atoms with Gasteiger partial charge >= 0.3 is 0 Å². The van der Waals surface area contributed by atoms with Gasteiger partial charge in [-0.2, -0.15) is 5.26 Å². The highest BCUT2D eigenvalue weighted by Crippen LogP contribution is 2.32. The number of rotatable bonds is 4. The molecule has 0 saturated heterocycles. The molecule has 1 aromatic carbocycles. The molecule has 0 radical (unpaired) electrons. The summed E-state index contributed by atoms with van der Waals surface area (Å²) in [5.41, 5.74) is 0.989. The Morgan fingerprint density at radius 3 is 3.00 bits per heavy atom. The van der Waals surface area contributed by atoms with Gasteiger partial charge < -0.3 is 4.74 Å². The summed E-state index contributed by atoms with van der Waals surface area (Å²) in [6.45, 7) is 2.59. The van der Waals surface area contributed by atoms with Crippen LogP contribution < -0.4 is 4.74 Å². The summed E-state index contributed by atoms with van der Waals surface area (Å²) in [5, 5.41) is 9.54. The maximum Gasteiger partial charge on any atom is 0.129 e. The maximum atomic E-state index is 8.64. The largest absolute Gasteiger partial charge is 0.493 e. The molecule has 4 heteroatoms. The predicted molar refractivity (Wildman–Crippen MR) is 68.0 cm³/mol. The summed E-state index contributed by atoms with van der Waals surface area (Å²) in [5.74, 6) is 0.841. The topological polar surface area (TPSA) is 45.9 Å². The van der Waals surface area contributed by atoms with Crippen LogP contribution in [0.4, 0.5) is 0 Å². The zero-order chi connectivity index (χ0) is 12.1. The van der Waals surface area contributed by atoms with Crippen LogP contribution in [0.5, 0.6) is 5.75 Å². The van der Waals surface area contributed by atoms with E-state index < -0.39 is 0 Å². The molecule has 0 bridgehead atoms. The molecule has 0 N–H and O–H groups in total. The summed E-state index contributed by atoms with van der Waals surface area (Å²) in [6.07, 6.45) is 2.17. The minimum absolute atomic E-state index is 0.411. The normalized spacial score (nSPS) is 9.88. The lowest BCUT2D eigenvalue weighted by atomic mass is 10.2. The first kappa shape index (κ1) is 11.6. The number of ether oxygens (including phenoxy) is 1. The van der Waals surface area contributed by atoms with Gasteiger partial charge in [-0.3, -0.25) is 0 Å². The van der Waals surface area contributed by atoms with Crippen LogP contribution in [0, 0.1) is 11.3 Å². The van der Waals surface area contributed by atoms with Gasteiger partial charge in [-0.15, -0.1) is 11.3 Å². The monoisotopic (exact) mass is 244 g/mol. The molecule has 2 rings (SSSR count). The molecule has 86 valence electrons. The molecule has 0 amide bonds. The minimum atomic E-state index is 0.411. The highest BCUT2D eigenvalue weighted by molar-refractivity contribution is 7.15. The van der Waals surface area contributed by atoms with E-state index in [9.17, 15) is 0 Å². The lowest BCUT2D eigenvalue weighted by molar-refractivity contribution is 0.341. The van der Waals surface area contributed by atoms with Crippen LogP contribution in [0.3, 0.4) is 0 Å². The van der Waals surface area contributed by atoms with E-state index in [1.165, 1.54) is 11.3 Å². The molecule has 0 unspecified atom stereocenters. The second-order valence-corrected chi connectivity index (χ2v) is 4.51. The van der Waals surface area contributed by atoms with Crippen molar-refractivity contribution in [3.05, 3.63) is 35.3 Å². The van der Waals surface area contributed by atoms with Crippen molar-refractivity contribution in [2.24, 2.45) is 0 Å². The fraction of sp³-hybridized carbons (Fsp3) is 0.231. The Kier molecular flexibility index (Phi) is 3.73. The van der Waals surface area contributed by atoms with Crippen molar-refractivity contribution in [2.45, 2.75) is 13.3 Å². The Bertz CT molecular complexity index is 542. The molecular weight excluding hydrogens is 232 g/mol. The summed E-state index contributed by atoms with van der Waals surface area (Å²) >= 11 is 1.54. The van der Waals surface area contributed by atoms with E-state index in [1.54, 1.807) is 6.20 Å². The average molecular weight is 244 g/mol. The molecule has 1 heterocycles. The molecule has 0 fully saturated rings. The van der Waals surface area contributed by atoms with Gasteiger partial charge in [0.2, 0.25) is 0 Å². The van der Waals surface area contributed by atoms with E-state index in [0.29, 0.717) is 13.0 Å². The highest BCUT2D eigenvalue weighted by atomic mass is 32.1. The molecule has 0 saturated carbocycles. The summed E-state index contributed by atoms with van der Waals surface area (Å²) in [4.78, 5) is 5.32. The van der Waals surface area contributed by atoms with E-state index in [4.69, 9.17) is 10.00 Å². The van der Waals surface area contributed by atoms with Crippen molar-refractivity contribution in [1.29, 1.82) is 5.26 Å². The zero-order valence-electron chi connectivity index (χ0n) is 9.51. The molecule has 1 aromatic heterocycles. The number of thiazole rings is 1. The van der Waals surface area contributed by atoms with Crippen LogP contribution in [0.25, 0.3) is 10.6 Å². The van der Waals surface area contributed by atoms with Gasteiger partial charge in [0.25, 0.3) is 0 Å². The van der Waals surface area contributed by atoms with Gasteiger partial charge in [-0.1, -0.05) is 12.1 Å². The third kappa shape index (κ3) is 2.63. The number of nitriles is 1. The van der Waals surface area contributed by atoms with E-state index in [2.05, 4.69) is 11.1 Å². The van der Waals surface area contributed by atoms with Gasteiger partial charge in [0, 0.05) is 11.1 Å². The van der Waals surface area contributed by atoms with Gasteiger partial charge in [0.15, 0.2) is 0 Å². The van der Waals surface area contributed by atoms with Crippen molar-refractivity contribution in [3.63, 3.8) is 0 Å². The van der Waals surface area contributed by atoms with E-state index in [1.807, 2.05) is 31.2 Å². The molecule has 0 aliphatic carbocycles. The number of hydrogen-bond donors (Lipinski definition) is 0. The van der Waals surface area contributed by atoms with Crippen molar-refractivity contribution in [1.82, 2.24) is 4.98 Å². The fourth-order valence-corrected chi connectivity index (χ4v) is 2.39. The van der Waals surface area contributed by atoms with E-state index in [0.717, 1.165) is 21.2 Å². The van der Waals surface area contributed by atoms with Gasteiger partial charge in [-0.05, 0) is 19.1 Å². The summed E-state index contributed by atoms with van der Waals surface area (Å²) in [7, 11) is 0. The van der Waals surface area contributed by atoms with Crippen molar-refractivity contribution in [3.8, 4) is 22.4 Å². The Balaban J connectivity index is 2.35. The predicted octanol–water partition coefficient (Wildman–Crippen LogP) is 3.27. The van der Waals surface area contributed by atoms with Crippen LogP contribution in [-0.2, 0) is 6.42 Å². The molecular formula is C13H12N2OS. The van der Waals surface area contributed by atoms with Crippen molar-refractivity contribution >= 4 is 11.3 Å². The summed E-state index contributed by atoms with van der Waals surface area (Å²) in [6, 6.07) is 9.95. The third-order valence-electron chi connectivity index (χ3n) is 2.22. The maximum absolute atomic E-state index is 8.64. The smallest absolute Gasteiger partial charge is 0.129 e. The van der Waals surface area contributed by atoms with Crippen molar-refractivity contribution in [2.75, 3.05) is 6.61 Å². The van der Waals surface area contributed by atoms with E-state index in [-0.39, 0.29) is 0 Å². The Morgan fingerprint density at radius 2 is 2.24 bits per heavy atom. The second kappa shape index (κ2) is 5.46. The fourth-order valence-electron chi connectivity index (χ4n) is 1.52. The molecule has 0 aliphatic heterocycles. The van der Waals surface area contributed by atoms with Crippen LogP contribution in [0.2, 0.25) is 0 Å². The molecule has 3 nitrogen and oxygen atoms in total. The second-order valence-electron chi connectivity index (χ2n) is 3.40. The first-order valence-electron chi connectivity index (χ1n) is 5.39. The van der Waals surface area contributed by atoms with Gasteiger partial charge in [-0.25, -0.2) is 4.98 Å². The van der Waals surface area contributed by atoms with E-state index >= 15 is 0 Å². The molecule has 2 aromatic rings. The Morgan fingerprint density at radius 1 is 1.41 bits per heavy atom. The quantitative estimate of drug-likeness (QED) is 0.829. The standard InChI is InChI=1S/C13H12N2OS/c1-2-16-12-6-4-3-5-11(12)13-15-9-10(17-13)7-8-14/h3-6,9H,2,7H2,1H3.